The summed E-state index contributed by atoms with van der Waals surface area (Å²) in [5.41, 5.74) is 2.72. The number of H-pyrrole nitrogens is 1. The van der Waals surface area contributed by atoms with Gasteiger partial charge in [-0.2, -0.15) is 14.9 Å². The van der Waals surface area contributed by atoms with Gasteiger partial charge in [0.25, 0.3) is 0 Å². The van der Waals surface area contributed by atoms with Crippen molar-refractivity contribution in [1.82, 2.24) is 14.9 Å². The molecule has 134 valence electrons. The maximum absolute atomic E-state index is 13.5. The van der Waals surface area contributed by atoms with Gasteiger partial charge in [0.05, 0.1) is 6.21 Å². The number of aromatic nitrogens is 3. The zero-order valence-corrected chi connectivity index (χ0v) is 15.5. The number of halogens is 1. The van der Waals surface area contributed by atoms with Crippen molar-refractivity contribution in [2.75, 3.05) is 18.0 Å². The highest BCUT2D eigenvalue weighted by Gasteiger charge is 2.08. The van der Waals surface area contributed by atoms with Gasteiger partial charge in [-0.05, 0) is 55.9 Å². The highest BCUT2D eigenvalue weighted by atomic mass is 32.1. The second kappa shape index (κ2) is 8.05. The number of hydrogen-bond donors (Lipinski definition) is 1. The van der Waals surface area contributed by atoms with Gasteiger partial charge in [-0.1, -0.05) is 24.3 Å². The lowest BCUT2D eigenvalue weighted by atomic mass is 10.2. The van der Waals surface area contributed by atoms with Crippen LogP contribution >= 0.6 is 12.2 Å². The van der Waals surface area contributed by atoms with Crippen LogP contribution in [0.4, 0.5) is 10.1 Å². The van der Waals surface area contributed by atoms with Crippen molar-refractivity contribution in [3.05, 3.63) is 64.7 Å². The second-order valence-corrected chi connectivity index (χ2v) is 6.07. The van der Waals surface area contributed by atoms with Crippen molar-refractivity contribution < 1.29 is 4.39 Å². The minimum Gasteiger partial charge on any atom is -0.372 e. The average Bonchev–Trinajstić information content (AvgIpc) is 3.03. The van der Waals surface area contributed by atoms with E-state index in [4.69, 9.17) is 12.2 Å². The van der Waals surface area contributed by atoms with E-state index in [1.165, 1.54) is 22.5 Å². The first-order chi connectivity index (χ1) is 12.6. The molecule has 3 rings (SSSR count). The minimum atomic E-state index is -0.334. The van der Waals surface area contributed by atoms with E-state index in [1.54, 1.807) is 18.3 Å². The lowest BCUT2D eigenvalue weighted by Crippen LogP contribution is -2.21. The normalized spacial score (nSPS) is 11.2. The van der Waals surface area contributed by atoms with Crippen molar-refractivity contribution in [1.29, 1.82) is 0 Å². The highest BCUT2D eigenvalue weighted by molar-refractivity contribution is 7.71. The molecule has 0 aliphatic rings. The fraction of sp³-hybridized carbons (Fsp3) is 0.211. The molecule has 1 N–H and O–H groups in total. The largest absolute Gasteiger partial charge is 0.372 e. The van der Waals surface area contributed by atoms with Gasteiger partial charge in [-0.25, -0.2) is 9.49 Å². The van der Waals surface area contributed by atoms with Crippen LogP contribution in [0.5, 0.6) is 0 Å². The maximum Gasteiger partial charge on any atom is 0.216 e. The molecule has 1 heterocycles. The predicted octanol–water partition coefficient (Wildman–Crippen LogP) is 4.48. The monoisotopic (exact) mass is 369 g/mol. The van der Waals surface area contributed by atoms with Gasteiger partial charge < -0.3 is 4.90 Å². The molecule has 0 fully saturated rings. The van der Waals surface area contributed by atoms with Crippen LogP contribution in [0.15, 0.2) is 53.6 Å². The molecule has 3 aromatic rings. The van der Waals surface area contributed by atoms with Gasteiger partial charge in [0.1, 0.15) is 5.82 Å². The summed E-state index contributed by atoms with van der Waals surface area (Å²) in [6.45, 7) is 6.19. The van der Waals surface area contributed by atoms with Gasteiger partial charge in [0, 0.05) is 24.3 Å². The van der Waals surface area contributed by atoms with Crippen LogP contribution in [0.2, 0.25) is 0 Å². The summed E-state index contributed by atoms with van der Waals surface area (Å²) in [4.78, 5) is 2.27. The van der Waals surface area contributed by atoms with Crippen molar-refractivity contribution in [2.24, 2.45) is 5.10 Å². The van der Waals surface area contributed by atoms with Gasteiger partial charge in [-0.3, -0.25) is 0 Å². The van der Waals surface area contributed by atoms with Crippen LogP contribution in [0, 0.1) is 10.6 Å². The van der Waals surface area contributed by atoms with E-state index in [0.717, 1.165) is 18.7 Å². The third-order valence-corrected chi connectivity index (χ3v) is 4.34. The summed E-state index contributed by atoms with van der Waals surface area (Å²) in [6, 6.07) is 14.3. The maximum atomic E-state index is 13.5. The SMILES string of the molecule is CCN(CC)c1ccc(/C=N\n2c(-c3cccc(F)c3)n[nH]c2=S)cc1. The Morgan fingerprint density at radius 3 is 2.58 bits per heavy atom. The Labute approximate surface area is 156 Å². The van der Waals surface area contributed by atoms with Crippen LogP contribution in [0.3, 0.4) is 0 Å². The molecule has 0 bridgehead atoms. The molecule has 0 radical (unpaired) electrons. The standard InChI is InChI=1S/C19H20FN5S/c1-3-24(4-2)17-10-8-14(9-11-17)13-21-25-18(22-23-19(25)26)15-6-5-7-16(20)12-15/h5-13H,3-4H2,1-2H3,(H,23,26)/b21-13-. The van der Waals surface area contributed by atoms with E-state index < -0.39 is 0 Å². The number of anilines is 1. The van der Waals surface area contributed by atoms with E-state index >= 15 is 0 Å². The van der Waals surface area contributed by atoms with Crippen LogP contribution in [-0.2, 0) is 0 Å². The Bertz CT molecular complexity index is 955. The topological polar surface area (TPSA) is 49.2 Å². The van der Waals surface area contributed by atoms with E-state index in [-0.39, 0.29) is 5.82 Å². The zero-order valence-electron chi connectivity index (χ0n) is 14.7. The summed E-state index contributed by atoms with van der Waals surface area (Å²) >= 11 is 5.24. The fourth-order valence-electron chi connectivity index (χ4n) is 2.70. The first kappa shape index (κ1) is 18.0. The van der Waals surface area contributed by atoms with E-state index in [2.05, 4.69) is 46.2 Å². The van der Waals surface area contributed by atoms with E-state index in [0.29, 0.717) is 16.2 Å². The average molecular weight is 369 g/mol. The van der Waals surface area contributed by atoms with Crippen molar-refractivity contribution >= 4 is 24.1 Å². The molecule has 5 nitrogen and oxygen atoms in total. The van der Waals surface area contributed by atoms with Crippen molar-refractivity contribution in [2.45, 2.75) is 13.8 Å². The van der Waals surface area contributed by atoms with Crippen LogP contribution in [0.25, 0.3) is 11.4 Å². The molecule has 26 heavy (non-hydrogen) atoms. The Kier molecular flexibility index (Phi) is 5.58. The molecule has 0 unspecified atom stereocenters. The summed E-state index contributed by atoms with van der Waals surface area (Å²) in [5.74, 6) is 0.129. The number of rotatable bonds is 6. The second-order valence-electron chi connectivity index (χ2n) is 5.68. The molecule has 0 aliphatic carbocycles. The van der Waals surface area contributed by atoms with E-state index in [1.807, 2.05) is 12.1 Å². The molecule has 7 heteroatoms. The van der Waals surface area contributed by atoms with Crippen LogP contribution in [0.1, 0.15) is 19.4 Å². The number of aromatic amines is 1. The molecule has 0 saturated carbocycles. The number of nitrogens with one attached hydrogen (secondary N) is 1. The van der Waals surface area contributed by atoms with Crippen LogP contribution in [-0.4, -0.2) is 34.2 Å². The van der Waals surface area contributed by atoms with Gasteiger partial charge in [0.2, 0.25) is 4.77 Å². The molecule has 2 aromatic carbocycles. The summed E-state index contributed by atoms with van der Waals surface area (Å²) < 4.78 is 15.3. The number of nitrogens with zero attached hydrogens (tertiary/aromatic N) is 4. The lowest BCUT2D eigenvalue weighted by Gasteiger charge is -2.20. The smallest absolute Gasteiger partial charge is 0.216 e. The van der Waals surface area contributed by atoms with Gasteiger partial charge in [-0.15, -0.1) is 0 Å². The van der Waals surface area contributed by atoms with Crippen LogP contribution < -0.4 is 4.90 Å². The predicted molar refractivity (Wildman–Crippen MR) is 106 cm³/mol. The Hall–Kier alpha value is -2.80. The Balaban J connectivity index is 1.87. The van der Waals surface area contributed by atoms with Crippen molar-refractivity contribution in [3.63, 3.8) is 0 Å². The minimum absolute atomic E-state index is 0.334. The zero-order chi connectivity index (χ0) is 18.5. The molecule has 0 spiro atoms. The quantitative estimate of drug-likeness (QED) is 0.515. The summed E-state index contributed by atoms with van der Waals surface area (Å²) in [5, 5.41) is 11.3. The molecule has 0 atom stereocenters. The Morgan fingerprint density at radius 1 is 1.19 bits per heavy atom. The third kappa shape index (κ3) is 3.88. The molecule has 0 saturated heterocycles. The molecular weight excluding hydrogens is 349 g/mol. The summed E-state index contributed by atoms with van der Waals surface area (Å²) in [6.07, 6.45) is 1.71. The van der Waals surface area contributed by atoms with Gasteiger partial charge >= 0.3 is 0 Å². The highest BCUT2D eigenvalue weighted by Crippen LogP contribution is 2.18. The molecule has 0 aliphatic heterocycles. The first-order valence-electron chi connectivity index (χ1n) is 8.45. The van der Waals surface area contributed by atoms with E-state index in [9.17, 15) is 4.39 Å². The fourth-order valence-corrected chi connectivity index (χ4v) is 2.88. The number of hydrogen-bond acceptors (Lipinski definition) is 4. The number of benzene rings is 2. The molecule has 1 aromatic heterocycles. The van der Waals surface area contributed by atoms with Crippen molar-refractivity contribution in [3.8, 4) is 11.4 Å². The Morgan fingerprint density at radius 2 is 1.92 bits per heavy atom. The first-order valence-corrected chi connectivity index (χ1v) is 8.86. The van der Waals surface area contributed by atoms with Gasteiger partial charge in [0.15, 0.2) is 5.82 Å². The third-order valence-electron chi connectivity index (χ3n) is 4.08. The summed E-state index contributed by atoms with van der Waals surface area (Å²) in [7, 11) is 0. The molecular formula is C19H20FN5S. The molecule has 0 amide bonds. The lowest BCUT2D eigenvalue weighted by molar-refractivity contribution is 0.628.